The minimum Gasteiger partial charge on any atom is -0.345 e. The number of hydrogen-bond acceptors (Lipinski definition) is 6. The number of pyridine rings is 1. The van der Waals surface area contributed by atoms with Crippen molar-refractivity contribution in [2.75, 3.05) is 0 Å². The van der Waals surface area contributed by atoms with Crippen molar-refractivity contribution in [2.45, 2.75) is 20.4 Å². The van der Waals surface area contributed by atoms with Gasteiger partial charge in [0.2, 0.25) is 5.82 Å². The van der Waals surface area contributed by atoms with Gasteiger partial charge in [-0.3, -0.25) is 19.7 Å². The molecule has 0 aliphatic heterocycles. The molecule has 0 saturated heterocycles. The summed E-state index contributed by atoms with van der Waals surface area (Å²) in [6.45, 7) is 3.59. The highest BCUT2D eigenvalue weighted by molar-refractivity contribution is 5.95. The summed E-state index contributed by atoms with van der Waals surface area (Å²) >= 11 is 0. The Bertz CT molecular complexity index is 930. The Morgan fingerprint density at radius 1 is 1.29 bits per heavy atom. The van der Waals surface area contributed by atoms with Gasteiger partial charge in [-0.2, -0.15) is 5.10 Å². The fraction of sp³-hybridized carbons (Fsp3) is 0.200. The van der Waals surface area contributed by atoms with E-state index in [1.807, 2.05) is 0 Å². The molecule has 9 heteroatoms. The Kier molecular flexibility index (Phi) is 4.15. The molecule has 3 N–H and O–H groups in total. The highest BCUT2D eigenvalue weighted by Crippen LogP contribution is 2.09. The van der Waals surface area contributed by atoms with Crippen molar-refractivity contribution in [1.82, 2.24) is 35.5 Å². The molecule has 3 heterocycles. The van der Waals surface area contributed by atoms with Crippen LogP contribution in [0.2, 0.25) is 0 Å². The highest BCUT2D eigenvalue weighted by atomic mass is 16.2. The Balaban J connectivity index is 1.72. The van der Waals surface area contributed by atoms with Gasteiger partial charge < -0.3 is 10.3 Å². The van der Waals surface area contributed by atoms with Crippen LogP contribution in [0.15, 0.2) is 29.5 Å². The molecule has 3 aromatic heterocycles. The van der Waals surface area contributed by atoms with Crippen LogP contribution in [-0.4, -0.2) is 36.0 Å². The van der Waals surface area contributed by atoms with E-state index in [4.69, 9.17) is 0 Å². The first-order valence-corrected chi connectivity index (χ1v) is 7.21. The first kappa shape index (κ1) is 15.5. The van der Waals surface area contributed by atoms with E-state index in [0.29, 0.717) is 28.6 Å². The molecule has 0 aliphatic rings. The molecule has 0 saturated carbocycles. The lowest BCUT2D eigenvalue weighted by Gasteiger charge is -2.06. The third kappa shape index (κ3) is 3.19. The second-order valence-corrected chi connectivity index (χ2v) is 5.22. The summed E-state index contributed by atoms with van der Waals surface area (Å²) in [5, 5.41) is 9.40. The van der Waals surface area contributed by atoms with Gasteiger partial charge >= 0.3 is 0 Å². The number of nitrogens with zero attached hydrogens (tertiary/aromatic N) is 4. The van der Waals surface area contributed by atoms with E-state index >= 15 is 0 Å². The molecule has 0 fully saturated rings. The first-order valence-electron chi connectivity index (χ1n) is 7.21. The van der Waals surface area contributed by atoms with Crippen LogP contribution in [0.1, 0.15) is 27.4 Å². The van der Waals surface area contributed by atoms with Crippen LogP contribution in [0.3, 0.4) is 0 Å². The zero-order chi connectivity index (χ0) is 17.1. The molecule has 1 amide bonds. The highest BCUT2D eigenvalue weighted by Gasteiger charge is 2.15. The average molecular weight is 325 g/mol. The lowest BCUT2D eigenvalue weighted by molar-refractivity contribution is 0.0947. The predicted molar refractivity (Wildman–Crippen MR) is 85.1 cm³/mol. The Hall–Kier alpha value is -3.36. The molecule has 122 valence electrons. The molecular formula is C15H15N7O2. The van der Waals surface area contributed by atoms with Crippen LogP contribution in [0.5, 0.6) is 0 Å². The zero-order valence-corrected chi connectivity index (χ0v) is 13.1. The lowest BCUT2D eigenvalue weighted by Crippen LogP contribution is -2.31. The lowest BCUT2D eigenvalue weighted by atomic mass is 10.1. The third-order valence-corrected chi connectivity index (χ3v) is 3.33. The number of H-pyrrole nitrogens is 2. The normalized spacial score (nSPS) is 10.6. The van der Waals surface area contributed by atoms with Gasteiger partial charge in [0, 0.05) is 18.1 Å². The number of nitrogens with one attached hydrogen (secondary N) is 3. The second kappa shape index (κ2) is 6.41. The van der Waals surface area contributed by atoms with Crippen LogP contribution in [-0.2, 0) is 6.54 Å². The van der Waals surface area contributed by atoms with Gasteiger partial charge in [-0.25, -0.2) is 9.97 Å². The maximum atomic E-state index is 12.2. The van der Waals surface area contributed by atoms with Crippen molar-refractivity contribution in [3.05, 3.63) is 57.7 Å². The van der Waals surface area contributed by atoms with E-state index in [9.17, 15) is 9.59 Å². The molecule has 3 aromatic rings. The molecule has 0 bridgehead atoms. The molecule has 9 nitrogen and oxygen atoms in total. The van der Waals surface area contributed by atoms with E-state index in [1.54, 1.807) is 38.5 Å². The van der Waals surface area contributed by atoms with E-state index in [1.165, 1.54) is 0 Å². The number of carbonyl (C=O) groups is 1. The molecule has 0 atom stereocenters. The maximum Gasteiger partial charge on any atom is 0.261 e. The van der Waals surface area contributed by atoms with Crippen molar-refractivity contribution in [3.8, 4) is 11.5 Å². The minimum atomic E-state index is -0.466. The van der Waals surface area contributed by atoms with Gasteiger partial charge in [-0.15, -0.1) is 0 Å². The summed E-state index contributed by atoms with van der Waals surface area (Å²) in [7, 11) is 0. The van der Waals surface area contributed by atoms with Crippen molar-refractivity contribution < 1.29 is 4.79 Å². The molecule has 0 unspecified atom stereocenters. The summed E-state index contributed by atoms with van der Waals surface area (Å²) < 4.78 is 0. The zero-order valence-electron chi connectivity index (χ0n) is 13.1. The monoisotopic (exact) mass is 325 g/mol. The number of aromatic amines is 2. The number of aryl methyl sites for hydroxylation is 2. The summed E-state index contributed by atoms with van der Waals surface area (Å²) in [6.07, 6.45) is 4.64. The van der Waals surface area contributed by atoms with Gasteiger partial charge in [0.05, 0.1) is 12.7 Å². The fourth-order valence-corrected chi connectivity index (χ4v) is 2.29. The quantitative estimate of drug-likeness (QED) is 0.640. The molecule has 24 heavy (non-hydrogen) atoms. The number of hydrogen-bond donors (Lipinski definition) is 3. The summed E-state index contributed by atoms with van der Waals surface area (Å²) in [5.74, 6) is 0.369. The van der Waals surface area contributed by atoms with E-state index in [2.05, 4.69) is 35.5 Å². The number of aromatic nitrogens is 6. The smallest absolute Gasteiger partial charge is 0.261 e. The van der Waals surface area contributed by atoms with Gasteiger partial charge in [0.25, 0.3) is 11.5 Å². The summed E-state index contributed by atoms with van der Waals surface area (Å²) in [4.78, 5) is 39.1. The van der Waals surface area contributed by atoms with Crippen molar-refractivity contribution in [3.63, 3.8) is 0 Å². The van der Waals surface area contributed by atoms with E-state index in [0.717, 1.165) is 0 Å². The molecule has 0 aliphatic carbocycles. The van der Waals surface area contributed by atoms with E-state index in [-0.39, 0.29) is 12.1 Å². The van der Waals surface area contributed by atoms with Crippen molar-refractivity contribution in [1.29, 1.82) is 0 Å². The van der Waals surface area contributed by atoms with Gasteiger partial charge in [-0.05, 0) is 25.5 Å². The van der Waals surface area contributed by atoms with Gasteiger partial charge in [0.1, 0.15) is 17.1 Å². The Labute approximate surface area is 136 Å². The number of amides is 1. The fourth-order valence-electron chi connectivity index (χ4n) is 2.29. The SMILES string of the molecule is Cc1cc(C)c(C(=O)NCc2nc(-c3cnccn3)n[nH]2)c(=O)[nH]1. The maximum absolute atomic E-state index is 12.2. The van der Waals surface area contributed by atoms with Crippen LogP contribution >= 0.6 is 0 Å². The molecular weight excluding hydrogens is 310 g/mol. The Morgan fingerprint density at radius 2 is 2.12 bits per heavy atom. The van der Waals surface area contributed by atoms with Gasteiger partial charge in [-0.1, -0.05) is 0 Å². The molecule has 0 radical (unpaired) electrons. The average Bonchev–Trinajstić information content (AvgIpc) is 3.02. The topological polar surface area (TPSA) is 129 Å². The second-order valence-electron chi connectivity index (χ2n) is 5.22. The Morgan fingerprint density at radius 3 is 2.83 bits per heavy atom. The molecule has 3 rings (SSSR count). The number of rotatable bonds is 4. The summed E-state index contributed by atoms with van der Waals surface area (Å²) in [6, 6.07) is 1.75. The largest absolute Gasteiger partial charge is 0.345 e. The van der Waals surface area contributed by atoms with Crippen molar-refractivity contribution >= 4 is 5.91 Å². The predicted octanol–water partition coefficient (Wildman–Crippen LogP) is 0.497. The molecule has 0 aromatic carbocycles. The van der Waals surface area contributed by atoms with Crippen LogP contribution in [0.4, 0.5) is 0 Å². The number of carbonyl (C=O) groups excluding carboxylic acids is 1. The molecule has 0 spiro atoms. The van der Waals surface area contributed by atoms with Gasteiger partial charge in [0.15, 0.2) is 0 Å². The summed E-state index contributed by atoms with van der Waals surface area (Å²) in [5.41, 5.74) is 1.53. The van der Waals surface area contributed by atoms with Crippen LogP contribution in [0.25, 0.3) is 11.5 Å². The van der Waals surface area contributed by atoms with Crippen LogP contribution in [0, 0.1) is 13.8 Å². The van der Waals surface area contributed by atoms with Crippen molar-refractivity contribution in [2.24, 2.45) is 0 Å². The third-order valence-electron chi connectivity index (χ3n) is 3.33. The minimum absolute atomic E-state index is 0.0919. The van der Waals surface area contributed by atoms with E-state index < -0.39 is 11.5 Å². The first-order chi connectivity index (χ1) is 11.5. The standard InChI is InChI=1S/C15H15N7O2/c1-8-5-9(2)19-15(24)12(8)14(23)18-7-11-20-13(22-21-11)10-6-16-3-4-17-10/h3-6H,7H2,1-2H3,(H,18,23)(H,19,24)(H,20,21,22). The van der Waals surface area contributed by atoms with Crippen LogP contribution < -0.4 is 10.9 Å².